The minimum Gasteiger partial charge on any atom is -0.342 e. The van der Waals surface area contributed by atoms with Gasteiger partial charge in [-0.25, -0.2) is 0 Å². The van der Waals surface area contributed by atoms with Crippen LogP contribution in [0, 0.1) is 5.92 Å². The molecule has 2 aliphatic rings. The molecule has 0 radical (unpaired) electrons. The van der Waals surface area contributed by atoms with Gasteiger partial charge in [-0.3, -0.25) is 9.59 Å². The number of likely N-dealkylation sites (tertiary alicyclic amines) is 1. The van der Waals surface area contributed by atoms with Crippen LogP contribution >= 0.6 is 11.6 Å². The topological polar surface area (TPSA) is 49.4 Å². The lowest BCUT2D eigenvalue weighted by Gasteiger charge is -2.19. The fourth-order valence-corrected chi connectivity index (χ4v) is 3.48. The molecule has 4 nitrogen and oxygen atoms in total. The highest BCUT2D eigenvalue weighted by Crippen LogP contribution is 2.24. The SMILES string of the molecule is O=C(Nc1ccc(Cl)cc1)C1CC(=O)N(CCC2=CCCCC2)C1. The number of halogens is 1. The summed E-state index contributed by atoms with van der Waals surface area (Å²) in [5.74, 6) is -0.277. The number of anilines is 1. The Balaban J connectivity index is 1.50. The van der Waals surface area contributed by atoms with E-state index in [-0.39, 0.29) is 17.7 Å². The highest BCUT2D eigenvalue weighted by molar-refractivity contribution is 6.30. The largest absolute Gasteiger partial charge is 0.342 e. The van der Waals surface area contributed by atoms with Gasteiger partial charge in [0.2, 0.25) is 11.8 Å². The molecule has 1 aromatic carbocycles. The van der Waals surface area contributed by atoms with Crippen LogP contribution in [0.5, 0.6) is 0 Å². The highest BCUT2D eigenvalue weighted by Gasteiger charge is 2.34. The summed E-state index contributed by atoms with van der Waals surface area (Å²) >= 11 is 5.84. The maximum Gasteiger partial charge on any atom is 0.229 e. The van der Waals surface area contributed by atoms with Crippen LogP contribution in [-0.4, -0.2) is 29.8 Å². The molecule has 0 aromatic heterocycles. The van der Waals surface area contributed by atoms with Crippen LogP contribution in [0.15, 0.2) is 35.9 Å². The minimum absolute atomic E-state index is 0.0858. The van der Waals surface area contributed by atoms with Crippen molar-refractivity contribution in [1.29, 1.82) is 0 Å². The van der Waals surface area contributed by atoms with Crippen molar-refractivity contribution in [3.63, 3.8) is 0 Å². The van der Waals surface area contributed by atoms with E-state index in [1.54, 1.807) is 24.3 Å². The second kappa shape index (κ2) is 7.84. The number of amides is 2. The van der Waals surface area contributed by atoms with Crippen LogP contribution in [0.2, 0.25) is 5.02 Å². The Morgan fingerprint density at radius 1 is 1.25 bits per heavy atom. The molecule has 5 heteroatoms. The van der Waals surface area contributed by atoms with Gasteiger partial charge in [0.1, 0.15) is 0 Å². The summed E-state index contributed by atoms with van der Waals surface area (Å²) in [4.78, 5) is 26.4. The van der Waals surface area contributed by atoms with Crippen molar-refractivity contribution in [1.82, 2.24) is 4.90 Å². The number of allylic oxidation sites excluding steroid dienone is 1. The summed E-state index contributed by atoms with van der Waals surface area (Å²) in [6, 6.07) is 7.01. The first kappa shape index (κ1) is 17.0. The quantitative estimate of drug-likeness (QED) is 0.819. The molecule has 0 spiro atoms. The van der Waals surface area contributed by atoms with Gasteiger partial charge in [-0.05, 0) is 56.4 Å². The van der Waals surface area contributed by atoms with Gasteiger partial charge in [-0.15, -0.1) is 0 Å². The maximum absolute atomic E-state index is 12.4. The highest BCUT2D eigenvalue weighted by atomic mass is 35.5. The van der Waals surface area contributed by atoms with Gasteiger partial charge in [0.15, 0.2) is 0 Å². The number of hydrogen-bond donors (Lipinski definition) is 1. The fourth-order valence-electron chi connectivity index (χ4n) is 3.35. The van der Waals surface area contributed by atoms with Crippen LogP contribution in [0.4, 0.5) is 5.69 Å². The summed E-state index contributed by atoms with van der Waals surface area (Å²) in [5, 5.41) is 3.50. The Bertz CT molecular complexity index is 639. The Labute approximate surface area is 147 Å². The number of carbonyl (C=O) groups is 2. The molecule has 1 aliphatic heterocycles. The van der Waals surface area contributed by atoms with E-state index in [0.29, 0.717) is 23.7 Å². The molecule has 1 unspecified atom stereocenters. The predicted molar refractivity (Wildman–Crippen MR) is 95.9 cm³/mol. The number of carbonyl (C=O) groups excluding carboxylic acids is 2. The summed E-state index contributed by atoms with van der Waals surface area (Å²) in [6.07, 6.45) is 8.41. The first-order chi connectivity index (χ1) is 11.6. The van der Waals surface area contributed by atoms with Gasteiger partial charge in [0.25, 0.3) is 0 Å². The molecule has 0 bridgehead atoms. The third-order valence-corrected chi connectivity index (χ3v) is 5.04. The number of benzene rings is 1. The lowest BCUT2D eigenvalue weighted by Crippen LogP contribution is -2.29. The molecule has 1 aliphatic carbocycles. The molecule has 24 heavy (non-hydrogen) atoms. The molecule has 2 amide bonds. The Morgan fingerprint density at radius 2 is 2.04 bits per heavy atom. The molecule has 1 fully saturated rings. The zero-order valence-corrected chi connectivity index (χ0v) is 14.5. The number of nitrogens with one attached hydrogen (secondary N) is 1. The van der Waals surface area contributed by atoms with Gasteiger partial charge in [0, 0.05) is 30.2 Å². The van der Waals surface area contributed by atoms with Crippen LogP contribution in [0.25, 0.3) is 0 Å². The Hall–Kier alpha value is -1.81. The third-order valence-electron chi connectivity index (χ3n) is 4.78. The van der Waals surface area contributed by atoms with Gasteiger partial charge in [0.05, 0.1) is 5.92 Å². The average molecular weight is 347 g/mol. The Kier molecular flexibility index (Phi) is 5.56. The van der Waals surface area contributed by atoms with E-state index in [1.165, 1.54) is 18.4 Å². The summed E-state index contributed by atoms with van der Waals surface area (Å²) in [6.45, 7) is 1.25. The number of rotatable bonds is 5. The number of hydrogen-bond acceptors (Lipinski definition) is 2. The molecule has 1 saturated heterocycles. The molecule has 1 atom stereocenters. The zero-order chi connectivity index (χ0) is 16.9. The smallest absolute Gasteiger partial charge is 0.229 e. The fraction of sp³-hybridized carbons (Fsp3) is 0.474. The van der Waals surface area contributed by atoms with E-state index in [4.69, 9.17) is 11.6 Å². The second-order valence-corrected chi connectivity index (χ2v) is 7.03. The van der Waals surface area contributed by atoms with Crippen LogP contribution in [0.3, 0.4) is 0 Å². The van der Waals surface area contributed by atoms with Crippen molar-refractivity contribution in [2.75, 3.05) is 18.4 Å². The van der Waals surface area contributed by atoms with E-state index in [1.807, 2.05) is 4.90 Å². The molecule has 3 rings (SSSR count). The van der Waals surface area contributed by atoms with E-state index in [0.717, 1.165) is 25.8 Å². The van der Waals surface area contributed by atoms with Gasteiger partial charge >= 0.3 is 0 Å². The maximum atomic E-state index is 12.4. The van der Waals surface area contributed by atoms with Crippen LogP contribution in [0.1, 0.15) is 38.5 Å². The molecule has 1 heterocycles. The van der Waals surface area contributed by atoms with Crippen molar-refractivity contribution in [3.05, 3.63) is 40.9 Å². The van der Waals surface area contributed by atoms with Gasteiger partial charge < -0.3 is 10.2 Å². The summed E-state index contributed by atoms with van der Waals surface area (Å²) in [7, 11) is 0. The van der Waals surface area contributed by atoms with Crippen molar-refractivity contribution in [3.8, 4) is 0 Å². The lowest BCUT2D eigenvalue weighted by molar-refractivity contribution is -0.128. The third kappa shape index (κ3) is 4.38. The van der Waals surface area contributed by atoms with E-state index in [9.17, 15) is 9.59 Å². The van der Waals surface area contributed by atoms with Crippen LogP contribution in [-0.2, 0) is 9.59 Å². The molecular weight excluding hydrogens is 324 g/mol. The van der Waals surface area contributed by atoms with Crippen molar-refractivity contribution < 1.29 is 9.59 Å². The second-order valence-electron chi connectivity index (χ2n) is 6.60. The molecule has 0 saturated carbocycles. The minimum atomic E-state index is -0.270. The van der Waals surface area contributed by atoms with Crippen molar-refractivity contribution >= 4 is 29.1 Å². The lowest BCUT2D eigenvalue weighted by atomic mass is 9.97. The van der Waals surface area contributed by atoms with E-state index in [2.05, 4.69) is 11.4 Å². The zero-order valence-electron chi connectivity index (χ0n) is 13.8. The van der Waals surface area contributed by atoms with Crippen LogP contribution < -0.4 is 5.32 Å². The molecular formula is C19H23ClN2O2. The molecule has 1 aromatic rings. The summed E-state index contributed by atoms with van der Waals surface area (Å²) in [5.41, 5.74) is 2.17. The van der Waals surface area contributed by atoms with E-state index < -0.39 is 0 Å². The Morgan fingerprint density at radius 3 is 2.75 bits per heavy atom. The van der Waals surface area contributed by atoms with Crippen molar-refractivity contribution in [2.24, 2.45) is 5.92 Å². The normalized spacial score (nSPS) is 20.9. The monoisotopic (exact) mass is 346 g/mol. The number of nitrogens with zero attached hydrogens (tertiary/aromatic N) is 1. The first-order valence-electron chi connectivity index (χ1n) is 8.64. The standard InChI is InChI=1S/C19H23ClN2O2/c20-16-6-8-17(9-7-16)21-19(24)15-12-18(23)22(13-15)11-10-14-4-2-1-3-5-14/h4,6-9,15H,1-3,5,10-13H2,(H,21,24). The first-order valence-corrected chi connectivity index (χ1v) is 9.02. The molecule has 1 N–H and O–H groups in total. The van der Waals surface area contributed by atoms with Gasteiger partial charge in [-0.2, -0.15) is 0 Å². The van der Waals surface area contributed by atoms with E-state index >= 15 is 0 Å². The molecule has 128 valence electrons. The van der Waals surface area contributed by atoms with Gasteiger partial charge in [-0.1, -0.05) is 23.3 Å². The predicted octanol–water partition coefficient (Wildman–Crippen LogP) is 4.02. The average Bonchev–Trinajstić information content (AvgIpc) is 2.97. The summed E-state index contributed by atoms with van der Waals surface area (Å²) < 4.78 is 0. The van der Waals surface area contributed by atoms with Crippen molar-refractivity contribution in [2.45, 2.75) is 38.5 Å².